The molecule has 0 aliphatic rings. The molecule has 0 aromatic heterocycles. The fourth-order valence-corrected chi connectivity index (χ4v) is 6.01. The van der Waals surface area contributed by atoms with E-state index in [1.54, 1.807) is 0 Å². The number of hydrogen-bond donors (Lipinski definition) is 0. The van der Waals surface area contributed by atoms with Gasteiger partial charge in [0.2, 0.25) is 0 Å². The van der Waals surface area contributed by atoms with Gasteiger partial charge in [-0.1, -0.05) is 182 Å². The van der Waals surface area contributed by atoms with E-state index in [1.165, 1.54) is 103 Å². The van der Waals surface area contributed by atoms with E-state index in [0.717, 1.165) is 76.0 Å². The average molecular weight is 681 g/mol. The number of esters is 3. The molecule has 1 unspecified atom stereocenters. The Hall–Kier alpha value is -1.59. The number of ether oxygens (including phenoxy) is 3. The molecule has 0 bridgehead atoms. The summed E-state index contributed by atoms with van der Waals surface area (Å²) in [5, 5.41) is 0. The van der Waals surface area contributed by atoms with E-state index in [2.05, 4.69) is 34.6 Å². The minimum atomic E-state index is -0.758. The molecule has 0 aliphatic heterocycles. The van der Waals surface area contributed by atoms with E-state index in [-0.39, 0.29) is 31.1 Å². The summed E-state index contributed by atoms with van der Waals surface area (Å²) < 4.78 is 16.5. The molecule has 0 aromatic carbocycles. The Labute approximate surface area is 298 Å². The first-order chi connectivity index (χ1) is 23.3. The second-order valence-corrected chi connectivity index (χ2v) is 15.0. The van der Waals surface area contributed by atoms with E-state index in [1.807, 2.05) is 0 Å². The summed E-state index contributed by atoms with van der Waals surface area (Å²) in [5.74, 6) is 0.785. The van der Waals surface area contributed by atoms with E-state index < -0.39 is 6.10 Å². The summed E-state index contributed by atoms with van der Waals surface area (Å²) in [7, 11) is 0. The first-order valence-corrected chi connectivity index (χ1v) is 20.8. The number of carbonyl (C=O) groups excluding carboxylic acids is 3. The highest BCUT2D eigenvalue weighted by molar-refractivity contribution is 5.71. The largest absolute Gasteiger partial charge is 0.462 e. The molecule has 0 aliphatic carbocycles. The van der Waals surface area contributed by atoms with Crippen molar-refractivity contribution in [1.29, 1.82) is 0 Å². The molecule has 284 valence electrons. The third kappa shape index (κ3) is 34.3. The predicted molar refractivity (Wildman–Crippen MR) is 201 cm³/mol. The molecular weight excluding hydrogens is 600 g/mol. The highest BCUT2D eigenvalue weighted by atomic mass is 16.6. The molecular formula is C42H80O6. The van der Waals surface area contributed by atoms with Crippen LogP contribution in [0.4, 0.5) is 0 Å². The second kappa shape index (κ2) is 35.2. The summed E-state index contributed by atoms with van der Waals surface area (Å²) in [5.41, 5.74) is 0. The molecule has 0 rings (SSSR count). The Morgan fingerprint density at radius 2 is 0.792 bits per heavy atom. The fraction of sp³-hybridized carbons (Fsp3) is 0.929. The van der Waals surface area contributed by atoms with Crippen LogP contribution in [0, 0.1) is 11.8 Å². The van der Waals surface area contributed by atoms with Gasteiger partial charge in [0.25, 0.3) is 0 Å². The molecule has 0 spiro atoms. The Balaban J connectivity index is 4.24. The lowest BCUT2D eigenvalue weighted by Crippen LogP contribution is -2.30. The molecule has 0 radical (unpaired) electrons. The van der Waals surface area contributed by atoms with Crippen LogP contribution in [0.5, 0.6) is 0 Å². The zero-order valence-corrected chi connectivity index (χ0v) is 32.6. The number of hydrogen-bond acceptors (Lipinski definition) is 6. The van der Waals surface area contributed by atoms with Crippen LogP contribution in [-0.4, -0.2) is 37.2 Å². The minimum absolute atomic E-state index is 0.0669. The van der Waals surface area contributed by atoms with Crippen molar-refractivity contribution >= 4 is 17.9 Å². The van der Waals surface area contributed by atoms with Crippen molar-refractivity contribution in [3.05, 3.63) is 0 Å². The van der Waals surface area contributed by atoms with Gasteiger partial charge in [-0.15, -0.1) is 0 Å². The Bertz CT molecular complexity index is 736. The maximum Gasteiger partial charge on any atom is 0.306 e. The molecule has 0 N–H and O–H groups in total. The van der Waals surface area contributed by atoms with Gasteiger partial charge >= 0.3 is 17.9 Å². The van der Waals surface area contributed by atoms with Crippen LogP contribution in [0.3, 0.4) is 0 Å². The SMILES string of the molecule is CCCCCCCC(=O)OC[C@@H](COC(=O)CCCCCCCCCCCCC(C)CC)OC(=O)CCCCCCCCCCC(C)C. The van der Waals surface area contributed by atoms with Gasteiger partial charge in [-0.05, 0) is 31.1 Å². The monoisotopic (exact) mass is 681 g/mol. The summed E-state index contributed by atoms with van der Waals surface area (Å²) >= 11 is 0. The van der Waals surface area contributed by atoms with Crippen molar-refractivity contribution < 1.29 is 28.6 Å². The van der Waals surface area contributed by atoms with Crippen LogP contribution in [0.15, 0.2) is 0 Å². The minimum Gasteiger partial charge on any atom is -0.462 e. The van der Waals surface area contributed by atoms with Crippen molar-refractivity contribution in [2.24, 2.45) is 11.8 Å². The van der Waals surface area contributed by atoms with Gasteiger partial charge in [0.1, 0.15) is 13.2 Å². The predicted octanol–water partition coefficient (Wildman–Crippen LogP) is 12.6. The van der Waals surface area contributed by atoms with Crippen LogP contribution in [0.2, 0.25) is 0 Å². The fourth-order valence-electron chi connectivity index (χ4n) is 6.01. The normalized spacial score (nSPS) is 12.6. The first-order valence-electron chi connectivity index (χ1n) is 20.8. The van der Waals surface area contributed by atoms with Gasteiger partial charge in [-0.2, -0.15) is 0 Å². The number of carbonyl (C=O) groups is 3. The Kier molecular flexibility index (Phi) is 34.1. The van der Waals surface area contributed by atoms with Gasteiger partial charge in [0.05, 0.1) is 0 Å². The van der Waals surface area contributed by atoms with Crippen LogP contribution in [0.25, 0.3) is 0 Å². The van der Waals surface area contributed by atoms with Gasteiger partial charge < -0.3 is 14.2 Å². The summed E-state index contributed by atoms with van der Waals surface area (Å²) in [6.07, 6.45) is 31.1. The molecule has 0 aromatic rings. The van der Waals surface area contributed by atoms with Crippen LogP contribution < -0.4 is 0 Å². The topological polar surface area (TPSA) is 78.9 Å². The highest BCUT2D eigenvalue weighted by Crippen LogP contribution is 2.16. The molecule has 0 saturated heterocycles. The van der Waals surface area contributed by atoms with Crippen LogP contribution in [-0.2, 0) is 28.6 Å². The third-order valence-electron chi connectivity index (χ3n) is 9.58. The summed E-state index contributed by atoms with van der Waals surface area (Å²) in [4.78, 5) is 37.3. The van der Waals surface area contributed by atoms with Crippen LogP contribution >= 0.6 is 0 Å². The maximum atomic E-state index is 12.6. The van der Waals surface area contributed by atoms with Crippen LogP contribution in [0.1, 0.15) is 221 Å². The number of unbranched alkanes of at least 4 members (excludes halogenated alkanes) is 20. The van der Waals surface area contributed by atoms with Gasteiger partial charge in [0, 0.05) is 19.3 Å². The zero-order valence-electron chi connectivity index (χ0n) is 32.6. The molecule has 48 heavy (non-hydrogen) atoms. The summed E-state index contributed by atoms with van der Waals surface area (Å²) in [6.45, 7) is 11.2. The third-order valence-corrected chi connectivity index (χ3v) is 9.58. The molecule has 2 atom stereocenters. The van der Waals surface area contributed by atoms with Crippen molar-refractivity contribution in [1.82, 2.24) is 0 Å². The lowest BCUT2D eigenvalue weighted by Gasteiger charge is -2.18. The molecule has 0 heterocycles. The van der Waals surface area contributed by atoms with E-state index in [0.29, 0.717) is 19.3 Å². The summed E-state index contributed by atoms with van der Waals surface area (Å²) in [6, 6.07) is 0. The molecule has 0 fully saturated rings. The van der Waals surface area contributed by atoms with Gasteiger partial charge in [-0.25, -0.2) is 0 Å². The van der Waals surface area contributed by atoms with Crippen molar-refractivity contribution in [3.63, 3.8) is 0 Å². The first kappa shape index (κ1) is 46.4. The van der Waals surface area contributed by atoms with Crippen molar-refractivity contribution in [2.45, 2.75) is 227 Å². The smallest absolute Gasteiger partial charge is 0.306 e. The number of rotatable bonds is 36. The van der Waals surface area contributed by atoms with Gasteiger partial charge in [0.15, 0.2) is 6.10 Å². The standard InChI is InChI=1S/C42H80O6/c1-6-8-9-20-27-32-40(43)46-35-39(48-42(45)34-29-24-19-15-14-16-21-25-30-37(3)4)36-47-41(44)33-28-23-18-13-11-10-12-17-22-26-31-38(5)7-2/h37-39H,6-36H2,1-5H3/t38?,39-/m0/s1. The van der Waals surface area contributed by atoms with E-state index in [9.17, 15) is 14.4 Å². The lowest BCUT2D eigenvalue weighted by atomic mass is 9.99. The van der Waals surface area contributed by atoms with E-state index in [4.69, 9.17) is 14.2 Å². The molecule has 0 saturated carbocycles. The quantitative estimate of drug-likeness (QED) is 0.0372. The Morgan fingerprint density at radius 1 is 0.438 bits per heavy atom. The molecule has 6 nitrogen and oxygen atoms in total. The maximum absolute atomic E-state index is 12.6. The second-order valence-electron chi connectivity index (χ2n) is 15.0. The average Bonchev–Trinajstić information content (AvgIpc) is 3.06. The molecule has 6 heteroatoms. The lowest BCUT2D eigenvalue weighted by molar-refractivity contribution is -0.167. The van der Waals surface area contributed by atoms with E-state index >= 15 is 0 Å². The Morgan fingerprint density at radius 3 is 1.19 bits per heavy atom. The van der Waals surface area contributed by atoms with Crippen molar-refractivity contribution in [3.8, 4) is 0 Å². The van der Waals surface area contributed by atoms with Gasteiger partial charge in [-0.3, -0.25) is 14.4 Å². The van der Waals surface area contributed by atoms with Crippen molar-refractivity contribution in [2.75, 3.05) is 13.2 Å². The molecule has 0 amide bonds. The zero-order chi connectivity index (χ0) is 35.5. The highest BCUT2D eigenvalue weighted by Gasteiger charge is 2.19.